The van der Waals surface area contributed by atoms with Gasteiger partial charge in [-0.25, -0.2) is 0 Å². The summed E-state index contributed by atoms with van der Waals surface area (Å²) in [5.41, 5.74) is 5.71. The molecule has 2 aromatic rings. The van der Waals surface area contributed by atoms with E-state index in [9.17, 15) is 0 Å². The molecule has 0 aliphatic heterocycles. The number of aryl methyl sites for hydroxylation is 2. The summed E-state index contributed by atoms with van der Waals surface area (Å²) in [7, 11) is 0. The number of nitrogens with zero attached hydrogens (tertiary/aromatic N) is 3. The summed E-state index contributed by atoms with van der Waals surface area (Å²) < 4.78 is 0. The lowest BCUT2D eigenvalue weighted by molar-refractivity contribution is 0.556. The van der Waals surface area contributed by atoms with Crippen molar-refractivity contribution in [2.24, 2.45) is 10.2 Å². The Hall–Kier alpha value is -2.16. The Morgan fingerprint density at radius 1 is 0.656 bits per heavy atom. The van der Waals surface area contributed by atoms with Crippen LogP contribution in [0.25, 0.3) is 0 Å². The standard InChI is InChI=1S/C29H45N3/c1-5-8-9-10-11-12-13-14-15-16-19-26-20-17-18-21-29(26)31-30-28-23-22-27(24-25(28)4)32(6-2)7-3/h17-18,20-24H,5-16,19H2,1-4H3. The molecule has 0 aliphatic carbocycles. The zero-order chi connectivity index (χ0) is 23.0. The topological polar surface area (TPSA) is 28.0 Å². The number of rotatable bonds is 16. The molecule has 2 aromatic carbocycles. The molecule has 0 radical (unpaired) electrons. The van der Waals surface area contributed by atoms with Gasteiger partial charge in [0, 0.05) is 18.8 Å². The zero-order valence-electron chi connectivity index (χ0n) is 21.1. The van der Waals surface area contributed by atoms with E-state index < -0.39 is 0 Å². The average molecular weight is 436 g/mol. The predicted molar refractivity (Wildman–Crippen MR) is 141 cm³/mol. The minimum absolute atomic E-state index is 0.953. The maximum atomic E-state index is 4.63. The Bertz CT molecular complexity index is 793. The van der Waals surface area contributed by atoms with Gasteiger partial charge in [-0.15, -0.1) is 0 Å². The molecule has 0 bridgehead atoms. The number of hydrogen-bond acceptors (Lipinski definition) is 3. The molecule has 2 rings (SSSR count). The summed E-state index contributed by atoms with van der Waals surface area (Å²) in [5, 5.41) is 9.22. The highest BCUT2D eigenvalue weighted by Gasteiger charge is 2.06. The third kappa shape index (κ3) is 9.14. The van der Waals surface area contributed by atoms with Crippen LogP contribution in [0.1, 0.15) is 96.1 Å². The van der Waals surface area contributed by atoms with Crippen molar-refractivity contribution in [3.05, 3.63) is 53.6 Å². The van der Waals surface area contributed by atoms with Gasteiger partial charge in [0.25, 0.3) is 0 Å². The molecule has 0 heterocycles. The van der Waals surface area contributed by atoms with E-state index in [2.05, 4.69) is 85.3 Å². The van der Waals surface area contributed by atoms with Crippen LogP contribution in [-0.2, 0) is 6.42 Å². The van der Waals surface area contributed by atoms with E-state index >= 15 is 0 Å². The van der Waals surface area contributed by atoms with E-state index in [0.29, 0.717) is 0 Å². The molecule has 32 heavy (non-hydrogen) atoms. The first kappa shape index (κ1) is 26.1. The third-order valence-corrected chi connectivity index (χ3v) is 6.37. The van der Waals surface area contributed by atoms with Gasteiger partial charge in [0.1, 0.15) is 0 Å². The number of hydrogen-bond donors (Lipinski definition) is 0. The first-order valence-corrected chi connectivity index (χ1v) is 13.0. The lowest BCUT2D eigenvalue weighted by atomic mass is 10.0. The predicted octanol–water partition coefficient (Wildman–Crippen LogP) is 9.72. The minimum Gasteiger partial charge on any atom is -0.372 e. The van der Waals surface area contributed by atoms with Gasteiger partial charge in [-0.1, -0.05) is 82.9 Å². The molecule has 3 nitrogen and oxygen atoms in total. The molecule has 0 fully saturated rings. The Kier molecular flexibility index (Phi) is 12.7. The van der Waals surface area contributed by atoms with Crippen LogP contribution < -0.4 is 4.90 Å². The molecule has 0 atom stereocenters. The summed E-state index contributed by atoms with van der Waals surface area (Å²) in [4.78, 5) is 2.36. The van der Waals surface area contributed by atoms with Gasteiger partial charge in [-0.05, 0) is 69.0 Å². The Labute approximate surface area is 197 Å². The molecule has 176 valence electrons. The molecule has 0 N–H and O–H groups in total. The van der Waals surface area contributed by atoms with Crippen molar-refractivity contribution in [1.82, 2.24) is 0 Å². The van der Waals surface area contributed by atoms with E-state index in [1.807, 2.05) is 0 Å². The fourth-order valence-electron chi connectivity index (χ4n) is 4.27. The van der Waals surface area contributed by atoms with E-state index in [1.165, 1.54) is 81.0 Å². The Morgan fingerprint density at radius 2 is 1.25 bits per heavy atom. The molecule has 0 aromatic heterocycles. The fourth-order valence-corrected chi connectivity index (χ4v) is 4.27. The highest BCUT2D eigenvalue weighted by Crippen LogP contribution is 2.28. The van der Waals surface area contributed by atoms with E-state index in [0.717, 1.165) is 30.9 Å². The van der Waals surface area contributed by atoms with Gasteiger partial charge in [-0.3, -0.25) is 0 Å². The monoisotopic (exact) mass is 435 g/mol. The summed E-state index contributed by atoms with van der Waals surface area (Å²) in [6, 6.07) is 15.0. The third-order valence-electron chi connectivity index (χ3n) is 6.37. The van der Waals surface area contributed by atoms with Gasteiger partial charge < -0.3 is 4.90 Å². The van der Waals surface area contributed by atoms with Crippen LogP contribution in [0.4, 0.5) is 17.1 Å². The quantitative estimate of drug-likeness (QED) is 0.190. The molecule has 0 aliphatic rings. The smallest absolute Gasteiger partial charge is 0.0889 e. The van der Waals surface area contributed by atoms with Crippen LogP contribution in [0.5, 0.6) is 0 Å². The first-order chi connectivity index (χ1) is 15.7. The van der Waals surface area contributed by atoms with Gasteiger partial charge in [0.2, 0.25) is 0 Å². The van der Waals surface area contributed by atoms with Crippen LogP contribution in [0.2, 0.25) is 0 Å². The van der Waals surface area contributed by atoms with Crippen molar-refractivity contribution >= 4 is 17.1 Å². The highest BCUT2D eigenvalue weighted by molar-refractivity contribution is 5.58. The van der Waals surface area contributed by atoms with Crippen LogP contribution in [0.3, 0.4) is 0 Å². The van der Waals surface area contributed by atoms with Crippen molar-refractivity contribution in [3.63, 3.8) is 0 Å². The maximum Gasteiger partial charge on any atom is 0.0889 e. The maximum absolute atomic E-state index is 4.63. The number of anilines is 1. The second-order valence-corrected chi connectivity index (χ2v) is 8.90. The largest absolute Gasteiger partial charge is 0.372 e. The Morgan fingerprint density at radius 3 is 1.88 bits per heavy atom. The average Bonchev–Trinajstić information content (AvgIpc) is 2.81. The van der Waals surface area contributed by atoms with E-state index in [-0.39, 0.29) is 0 Å². The summed E-state index contributed by atoms with van der Waals surface area (Å²) >= 11 is 0. The van der Waals surface area contributed by atoms with Crippen molar-refractivity contribution < 1.29 is 0 Å². The summed E-state index contributed by atoms with van der Waals surface area (Å²) in [6.07, 6.45) is 14.8. The van der Waals surface area contributed by atoms with Crippen LogP contribution >= 0.6 is 0 Å². The first-order valence-electron chi connectivity index (χ1n) is 13.0. The highest BCUT2D eigenvalue weighted by atomic mass is 15.1. The lowest BCUT2D eigenvalue weighted by Crippen LogP contribution is -2.21. The summed E-state index contributed by atoms with van der Waals surface area (Å²) in [5.74, 6) is 0. The second-order valence-electron chi connectivity index (χ2n) is 8.90. The van der Waals surface area contributed by atoms with Gasteiger partial charge >= 0.3 is 0 Å². The van der Waals surface area contributed by atoms with Crippen LogP contribution in [0, 0.1) is 6.92 Å². The van der Waals surface area contributed by atoms with E-state index in [1.54, 1.807) is 0 Å². The summed E-state index contributed by atoms with van der Waals surface area (Å²) in [6.45, 7) is 10.8. The van der Waals surface area contributed by atoms with E-state index in [4.69, 9.17) is 0 Å². The number of unbranched alkanes of at least 4 members (excludes halogenated alkanes) is 9. The molecule has 0 saturated carbocycles. The normalized spacial score (nSPS) is 11.4. The van der Waals surface area contributed by atoms with Crippen molar-refractivity contribution in [2.45, 2.75) is 98.3 Å². The molecule has 0 unspecified atom stereocenters. The van der Waals surface area contributed by atoms with Crippen LogP contribution in [-0.4, -0.2) is 13.1 Å². The van der Waals surface area contributed by atoms with Crippen molar-refractivity contribution in [1.29, 1.82) is 0 Å². The van der Waals surface area contributed by atoms with Crippen molar-refractivity contribution in [2.75, 3.05) is 18.0 Å². The zero-order valence-corrected chi connectivity index (χ0v) is 21.1. The van der Waals surface area contributed by atoms with Gasteiger partial charge in [-0.2, -0.15) is 10.2 Å². The van der Waals surface area contributed by atoms with Crippen LogP contribution in [0.15, 0.2) is 52.7 Å². The molecular weight excluding hydrogens is 390 g/mol. The Balaban J connectivity index is 1.82. The lowest BCUT2D eigenvalue weighted by Gasteiger charge is -2.21. The molecule has 0 saturated heterocycles. The molecule has 3 heteroatoms. The van der Waals surface area contributed by atoms with Crippen molar-refractivity contribution in [3.8, 4) is 0 Å². The SMILES string of the molecule is CCCCCCCCCCCCc1ccccc1N=Nc1ccc(N(CC)CC)cc1C. The number of azo groups is 1. The fraction of sp³-hybridized carbons (Fsp3) is 0.586. The second kappa shape index (κ2) is 15.6. The number of benzene rings is 2. The molecule has 0 amide bonds. The minimum atomic E-state index is 0.953. The van der Waals surface area contributed by atoms with Gasteiger partial charge in [0.05, 0.1) is 11.4 Å². The van der Waals surface area contributed by atoms with Gasteiger partial charge in [0.15, 0.2) is 0 Å². The molecular formula is C29H45N3. The molecule has 0 spiro atoms.